The Bertz CT molecular complexity index is 188. The third-order valence-electron chi connectivity index (χ3n) is 4.25. The number of hydrogen-bond donors (Lipinski definition) is 0. The second kappa shape index (κ2) is 10.1. The number of hydrogen-bond acceptors (Lipinski definition) is 1. The molecule has 0 aromatic rings. The predicted octanol–water partition coefficient (Wildman–Crippen LogP) is 5.55. The fraction of sp³-hybridized carbons (Fsp3) is 1.00. The second-order valence-electron chi connectivity index (χ2n) is 6.01. The molecule has 0 aliphatic carbocycles. The van der Waals surface area contributed by atoms with Crippen molar-refractivity contribution >= 4 is 11.6 Å². The van der Waals surface area contributed by atoms with Gasteiger partial charge in [0.2, 0.25) is 0 Å². The molecule has 108 valence electrons. The summed E-state index contributed by atoms with van der Waals surface area (Å²) in [5, 5.41) is 0. The third-order valence-corrected chi connectivity index (χ3v) is 4.82. The number of halogens is 1. The van der Waals surface area contributed by atoms with Gasteiger partial charge < -0.3 is 4.74 Å². The average Bonchev–Trinajstić information content (AvgIpc) is 2.43. The van der Waals surface area contributed by atoms with Crippen LogP contribution in [0, 0.1) is 5.41 Å². The molecule has 0 spiro atoms. The molecule has 1 heterocycles. The molecule has 0 aromatic heterocycles. The highest BCUT2D eigenvalue weighted by molar-refractivity contribution is 6.18. The van der Waals surface area contributed by atoms with Crippen molar-refractivity contribution in [3.63, 3.8) is 0 Å². The summed E-state index contributed by atoms with van der Waals surface area (Å²) in [6.07, 6.45) is 14.9. The van der Waals surface area contributed by atoms with Crippen LogP contribution in [0.2, 0.25) is 0 Å². The first-order valence-electron chi connectivity index (χ1n) is 7.97. The average molecular weight is 275 g/mol. The van der Waals surface area contributed by atoms with E-state index in [2.05, 4.69) is 6.92 Å². The summed E-state index contributed by atoms with van der Waals surface area (Å²) in [5.41, 5.74) is 0.308. The van der Waals surface area contributed by atoms with Crippen molar-refractivity contribution in [1.29, 1.82) is 0 Å². The summed E-state index contributed by atoms with van der Waals surface area (Å²) in [5.74, 6) is 0.781. The Kier molecular flexibility index (Phi) is 9.14. The lowest BCUT2D eigenvalue weighted by atomic mass is 9.80. The Morgan fingerprint density at radius 2 is 1.67 bits per heavy atom. The van der Waals surface area contributed by atoms with Crippen molar-refractivity contribution in [1.82, 2.24) is 0 Å². The summed E-state index contributed by atoms with van der Waals surface area (Å²) in [4.78, 5) is 0. The van der Waals surface area contributed by atoms with Gasteiger partial charge in [0.25, 0.3) is 0 Å². The first-order chi connectivity index (χ1) is 8.83. The zero-order valence-corrected chi connectivity index (χ0v) is 12.9. The summed E-state index contributed by atoms with van der Waals surface area (Å²) >= 11 is 6.15. The van der Waals surface area contributed by atoms with Crippen LogP contribution < -0.4 is 0 Å². The van der Waals surface area contributed by atoms with Gasteiger partial charge in [0.1, 0.15) is 0 Å². The van der Waals surface area contributed by atoms with Gasteiger partial charge in [-0.25, -0.2) is 0 Å². The van der Waals surface area contributed by atoms with Gasteiger partial charge in [-0.05, 0) is 19.3 Å². The Morgan fingerprint density at radius 3 is 2.22 bits per heavy atom. The molecule has 0 saturated carbocycles. The van der Waals surface area contributed by atoms with Gasteiger partial charge in [0.15, 0.2) is 0 Å². The Labute approximate surface area is 119 Å². The van der Waals surface area contributed by atoms with Crippen LogP contribution in [0.25, 0.3) is 0 Å². The van der Waals surface area contributed by atoms with E-state index in [9.17, 15) is 0 Å². The van der Waals surface area contributed by atoms with Gasteiger partial charge in [-0.3, -0.25) is 0 Å². The molecule has 0 radical (unpaired) electrons. The summed E-state index contributed by atoms with van der Waals surface area (Å²) in [6.45, 7) is 4.11. The molecule has 1 aliphatic heterocycles. The van der Waals surface area contributed by atoms with Crippen molar-refractivity contribution in [2.45, 2.75) is 77.6 Å². The minimum atomic E-state index is 0.308. The molecule has 1 atom stereocenters. The Morgan fingerprint density at radius 1 is 1.00 bits per heavy atom. The van der Waals surface area contributed by atoms with E-state index in [0.717, 1.165) is 19.1 Å². The molecule has 1 fully saturated rings. The third kappa shape index (κ3) is 6.43. The van der Waals surface area contributed by atoms with Gasteiger partial charge in [-0.1, -0.05) is 58.3 Å². The van der Waals surface area contributed by atoms with Crippen molar-refractivity contribution in [2.75, 3.05) is 19.1 Å². The SMILES string of the molecule is CCCCCCCCCCC1(CCl)CCCOC1. The van der Waals surface area contributed by atoms with Gasteiger partial charge >= 0.3 is 0 Å². The second-order valence-corrected chi connectivity index (χ2v) is 6.28. The molecule has 1 aliphatic rings. The van der Waals surface area contributed by atoms with Crippen LogP contribution in [-0.2, 0) is 4.74 Å². The van der Waals surface area contributed by atoms with Crippen LogP contribution in [0.15, 0.2) is 0 Å². The molecule has 18 heavy (non-hydrogen) atoms. The van der Waals surface area contributed by atoms with E-state index in [4.69, 9.17) is 16.3 Å². The lowest BCUT2D eigenvalue weighted by Gasteiger charge is -2.35. The summed E-state index contributed by atoms with van der Waals surface area (Å²) in [6, 6.07) is 0. The molecule has 0 N–H and O–H groups in total. The molecular weight excluding hydrogens is 244 g/mol. The van der Waals surface area contributed by atoms with E-state index >= 15 is 0 Å². The van der Waals surface area contributed by atoms with Gasteiger partial charge in [0.05, 0.1) is 6.61 Å². The highest BCUT2D eigenvalue weighted by Gasteiger charge is 2.31. The maximum absolute atomic E-state index is 6.15. The molecule has 1 nitrogen and oxygen atoms in total. The van der Waals surface area contributed by atoms with Crippen LogP contribution in [0.3, 0.4) is 0 Å². The molecular formula is C16H31ClO. The van der Waals surface area contributed by atoms with Crippen LogP contribution in [-0.4, -0.2) is 19.1 Å². The summed E-state index contributed by atoms with van der Waals surface area (Å²) in [7, 11) is 0. The topological polar surface area (TPSA) is 9.23 Å². The van der Waals surface area contributed by atoms with E-state index in [1.165, 1.54) is 70.6 Å². The standard InChI is InChI=1S/C16H31ClO/c1-2-3-4-5-6-7-8-9-11-16(14-17)12-10-13-18-15-16/h2-15H2,1H3. The summed E-state index contributed by atoms with van der Waals surface area (Å²) < 4.78 is 5.61. The first kappa shape index (κ1) is 16.3. The number of rotatable bonds is 10. The molecule has 1 saturated heterocycles. The lowest BCUT2D eigenvalue weighted by molar-refractivity contribution is -0.00119. The van der Waals surface area contributed by atoms with Crippen LogP contribution in [0.5, 0.6) is 0 Å². The van der Waals surface area contributed by atoms with E-state index in [1.807, 2.05) is 0 Å². The smallest absolute Gasteiger partial charge is 0.0533 e. The largest absolute Gasteiger partial charge is 0.381 e. The van der Waals surface area contributed by atoms with Crippen molar-refractivity contribution in [2.24, 2.45) is 5.41 Å². The normalized spacial score (nSPS) is 24.3. The molecule has 0 amide bonds. The molecule has 1 rings (SSSR count). The minimum Gasteiger partial charge on any atom is -0.381 e. The van der Waals surface area contributed by atoms with Crippen molar-refractivity contribution in [3.8, 4) is 0 Å². The highest BCUT2D eigenvalue weighted by Crippen LogP contribution is 2.35. The maximum Gasteiger partial charge on any atom is 0.0533 e. The van der Waals surface area contributed by atoms with Crippen molar-refractivity contribution < 1.29 is 4.74 Å². The highest BCUT2D eigenvalue weighted by atomic mass is 35.5. The van der Waals surface area contributed by atoms with Crippen LogP contribution in [0.1, 0.15) is 77.6 Å². The number of unbranched alkanes of at least 4 members (excludes halogenated alkanes) is 7. The van der Waals surface area contributed by atoms with Crippen LogP contribution in [0.4, 0.5) is 0 Å². The van der Waals surface area contributed by atoms with E-state index in [1.54, 1.807) is 0 Å². The monoisotopic (exact) mass is 274 g/mol. The van der Waals surface area contributed by atoms with Gasteiger partial charge in [-0.15, -0.1) is 11.6 Å². The fourth-order valence-electron chi connectivity index (χ4n) is 2.91. The van der Waals surface area contributed by atoms with E-state index in [0.29, 0.717) is 5.41 Å². The Balaban J connectivity index is 1.98. The number of alkyl halides is 1. The van der Waals surface area contributed by atoms with Gasteiger partial charge in [-0.2, -0.15) is 0 Å². The predicted molar refractivity (Wildman–Crippen MR) is 80.4 cm³/mol. The van der Waals surface area contributed by atoms with E-state index in [-0.39, 0.29) is 0 Å². The molecule has 1 unspecified atom stereocenters. The fourth-order valence-corrected chi connectivity index (χ4v) is 3.26. The quantitative estimate of drug-likeness (QED) is 0.375. The number of ether oxygens (including phenoxy) is 1. The van der Waals surface area contributed by atoms with E-state index < -0.39 is 0 Å². The Hall–Kier alpha value is 0.250. The molecule has 2 heteroatoms. The zero-order valence-electron chi connectivity index (χ0n) is 12.2. The lowest BCUT2D eigenvalue weighted by Crippen LogP contribution is -2.33. The van der Waals surface area contributed by atoms with Crippen LogP contribution >= 0.6 is 11.6 Å². The van der Waals surface area contributed by atoms with Crippen molar-refractivity contribution in [3.05, 3.63) is 0 Å². The molecule has 0 bridgehead atoms. The zero-order chi connectivity index (χ0) is 13.1. The molecule has 0 aromatic carbocycles. The minimum absolute atomic E-state index is 0.308. The van der Waals surface area contributed by atoms with Gasteiger partial charge in [0, 0.05) is 17.9 Å². The maximum atomic E-state index is 6.15. The first-order valence-corrected chi connectivity index (χ1v) is 8.50.